The Morgan fingerprint density at radius 1 is 1.50 bits per heavy atom. The van der Waals surface area contributed by atoms with Gasteiger partial charge in [0.15, 0.2) is 0 Å². The first-order chi connectivity index (χ1) is 6.54. The molecule has 1 aromatic rings. The maximum Gasteiger partial charge on any atom is 0.419 e. The van der Waals surface area contributed by atoms with E-state index < -0.39 is 11.7 Å². The maximum absolute atomic E-state index is 12.1. The first kappa shape index (κ1) is 10.6. The summed E-state index contributed by atoms with van der Waals surface area (Å²) in [6.45, 7) is 0.417. The van der Waals surface area contributed by atoms with E-state index in [1.165, 1.54) is 4.68 Å². The average Bonchev–Trinajstić information content (AvgIpc) is 2.52. The molecule has 0 radical (unpaired) electrons. The summed E-state index contributed by atoms with van der Waals surface area (Å²) in [5.41, 5.74) is -0.724. The van der Waals surface area contributed by atoms with Crippen molar-refractivity contribution in [2.45, 2.75) is 25.6 Å². The van der Waals surface area contributed by atoms with Gasteiger partial charge in [-0.25, -0.2) is 0 Å². The molecule has 0 fully saturated rings. The van der Waals surface area contributed by atoms with Crippen LogP contribution in [0.1, 0.15) is 18.4 Å². The van der Waals surface area contributed by atoms with E-state index in [1.54, 1.807) is 0 Å². The minimum absolute atomic E-state index is 0.417. The quantitative estimate of drug-likeness (QED) is 0.543. The molecule has 0 amide bonds. The van der Waals surface area contributed by atoms with Crippen molar-refractivity contribution < 1.29 is 13.2 Å². The predicted molar refractivity (Wildman–Crippen MR) is 45.3 cm³/mol. The molecule has 0 saturated heterocycles. The van der Waals surface area contributed by atoms with Crippen LogP contribution in [-0.4, -0.2) is 9.78 Å². The molecule has 0 aliphatic rings. The number of aromatic nitrogens is 2. The molecule has 0 aliphatic carbocycles. The summed E-state index contributed by atoms with van der Waals surface area (Å²) in [5.74, 6) is 2.41. The molecule has 0 saturated carbocycles. The van der Waals surface area contributed by atoms with Crippen LogP contribution in [0.2, 0.25) is 0 Å². The van der Waals surface area contributed by atoms with Crippen LogP contribution in [0.25, 0.3) is 0 Å². The minimum Gasteiger partial charge on any atom is -0.272 e. The lowest BCUT2D eigenvalue weighted by atomic mass is 10.3. The van der Waals surface area contributed by atoms with Gasteiger partial charge in [-0.15, -0.1) is 12.3 Å². The summed E-state index contributed by atoms with van der Waals surface area (Å²) < 4.78 is 37.6. The Kier molecular flexibility index (Phi) is 3.18. The fourth-order valence-corrected chi connectivity index (χ4v) is 0.975. The molecule has 1 heterocycles. The van der Waals surface area contributed by atoms with E-state index in [-0.39, 0.29) is 0 Å². The SMILES string of the molecule is C#CCCCn1cc(C(F)(F)F)cn1. The molecule has 0 atom stereocenters. The van der Waals surface area contributed by atoms with Gasteiger partial charge >= 0.3 is 6.18 Å². The van der Waals surface area contributed by atoms with E-state index in [4.69, 9.17) is 6.42 Å². The summed E-state index contributed by atoms with van der Waals surface area (Å²) in [5, 5.41) is 3.58. The third-order valence-corrected chi connectivity index (χ3v) is 1.67. The third-order valence-electron chi connectivity index (χ3n) is 1.67. The van der Waals surface area contributed by atoms with Crippen LogP contribution in [0, 0.1) is 12.3 Å². The summed E-state index contributed by atoms with van der Waals surface area (Å²) in [7, 11) is 0. The van der Waals surface area contributed by atoms with Crippen molar-refractivity contribution in [3.05, 3.63) is 18.0 Å². The monoisotopic (exact) mass is 202 g/mol. The molecule has 5 heteroatoms. The highest BCUT2D eigenvalue weighted by molar-refractivity contribution is 5.08. The smallest absolute Gasteiger partial charge is 0.272 e. The molecule has 0 aromatic carbocycles. The van der Waals surface area contributed by atoms with Crippen LogP contribution in [0.5, 0.6) is 0 Å². The van der Waals surface area contributed by atoms with Crippen LogP contribution in [0.3, 0.4) is 0 Å². The first-order valence-electron chi connectivity index (χ1n) is 4.07. The van der Waals surface area contributed by atoms with Gasteiger partial charge in [0, 0.05) is 19.2 Å². The number of alkyl halides is 3. The lowest BCUT2D eigenvalue weighted by molar-refractivity contribution is -0.137. The summed E-state index contributed by atoms with van der Waals surface area (Å²) in [6.07, 6.45) is 3.67. The zero-order chi connectivity index (χ0) is 10.6. The highest BCUT2D eigenvalue weighted by Gasteiger charge is 2.31. The second-order valence-corrected chi connectivity index (χ2v) is 2.80. The number of terminal acetylenes is 1. The lowest BCUT2D eigenvalue weighted by Crippen LogP contribution is -2.03. The van der Waals surface area contributed by atoms with Crippen molar-refractivity contribution >= 4 is 0 Å². The predicted octanol–water partition coefficient (Wildman–Crippen LogP) is 2.32. The number of aryl methyl sites for hydroxylation is 1. The number of hydrogen-bond donors (Lipinski definition) is 0. The Hall–Kier alpha value is -1.44. The Morgan fingerprint density at radius 3 is 2.71 bits per heavy atom. The molecule has 14 heavy (non-hydrogen) atoms. The molecule has 0 unspecified atom stereocenters. The van der Waals surface area contributed by atoms with E-state index in [0.29, 0.717) is 19.4 Å². The average molecular weight is 202 g/mol. The van der Waals surface area contributed by atoms with Crippen LogP contribution in [0.4, 0.5) is 13.2 Å². The molecular weight excluding hydrogens is 193 g/mol. The molecule has 76 valence electrons. The van der Waals surface area contributed by atoms with Crippen LogP contribution < -0.4 is 0 Å². The highest BCUT2D eigenvalue weighted by atomic mass is 19.4. The zero-order valence-corrected chi connectivity index (χ0v) is 7.38. The van der Waals surface area contributed by atoms with E-state index in [1.807, 2.05) is 0 Å². The first-order valence-corrected chi connectivity index (χ1v) is 4.07. The molecule has 1 aromatic heterocycles. The topological polar surface area (TPSA) is 17.8 Å². The molecular formula is C9H9F3N2. The summed E-state index contributed by atoms with van der Waals surface area (Å²) in [4.78, 5) is 0. The van der Waals surface area contributed by atoms with Crippen molar-refractivity contribution in [3.63, 3.8) is 0 Å². The van der Waals surface area contributed by atoms with Crippen molar-refractivity contribution in [3.8, 4) is 12.3 Å². The maximum atomic E-state index is 12.1. The van der Waals surface area contributed by atoms with Gasteiger partial charge in [-0.3, -0.25) is 4.68 Å². The second kappa shape index (κ2) is 4.18. The van der Waals surface area contributed by atoms with Crippen LogP contribution >= 0.6 is 0 Å². The second-order valence-electron chi connectivity index (χ2n) is 2.80. The fourth-order valence-electron chi connectivity index (χ4n) is 0.975. The Morgan fingerprint density at radius 2 is 2.21 bits per heavy atom. The lowest BCUT2D eigenvalue weighted by Gasteiger charge is -2.01. The number of rotatable bonds is 3. The van der Waals surface area contributed by atoms with Crippen molar-refractivity contribution in [2.24, 2.45) is 0 Å². The zero-order valence-electron chi connectivity index (χ0n) is 7.38. The molecule has 0 spiro atoms. The van der Waals surface area contributed by atoms with Crippen molar-refractivity contribution in [1.82, 2.24) is 9.78 Å². The Bertz CT molecular complexity index is 333. The number of unbranched alkanes of at least 4 members (excludes halogenated alkanes) is 1. The van der Waals surface area contributed by atoms with Gasteiger partial charge in [-0.05, 0) is 6.42 Å². The number of nitrogens with zero attached hydrogens (tertiary/aromatic N) is 2. The van der Waals surface area contributed by atoms with E-state index in [0.717, 1.165) is 12.4 Å². The highest BCUT2D eigenvalue weighted by Crippen LogP contribution is 2.28. The number of hydrogen-bond acceptors (Lipinski definition) is 1. The summed E-state index contributed by atoms with van der Waals surface area (Å²) >= 11 is 0. The molecule has 0 aliphatic heterocycles. The van der Waals surface area contributed by atoms with Gasteiger partial charge in [0.05, 0.1) is 11.8 Å². The molecule has 2 nitrogen and oxygen atoms in total. The van der Waals surface area contributed by atoms with E-state index in [2.05, 4.69) is 11.0 Å². The third kappa shape index (κ3) is 2.80. The van der Waals surface area contributed by atoms with Crippen molar-refractivity contribution in [1.29, 1.82) is 0 Å². The standard InChI is InChI=1S/C9H9F3N2/c1-2-3-4-5-14-7-8(6-13-14)9(10,11)12/h1,6-7H,3-5H2. The van der Waals surface area contributed by atoms with Crippen LogP contribution in [0.15, 0.2) is 12.4 Å². The van der Waals surface area contributed by atoms with E-state index in [9.17, 15) is 13.2 Å². The Balaban J connectivity index is 2.57. The molecule has 1 rings (SSSR count). The number of halogens is 3. The van der Waals surface area contributed by atoms with Gasteiger partial charge in [-0.1, -0.05) is 0 Å². The van der Waals surface area contributed by atoms with Gasteiger partial charge < -0.3 is 0 Å². The van der Waals surface area contributed by atoms with Crippen LogP contribution in [-0.2, 0) is 12.7 Å². The Labute approximate surface area is 79.7 Å². The van der Waals surface area contributed by atoms with Gasteiger partial charge in [0.2, 0.25) is 0 Å². The summed E-state index contributed by atoms with van der Waals surface area (Å²) in [6, 6.07) is 0. The fraction of sp³-hybridized carbons (Fsp3) is 0.444. The van der Waals surface area contributed by atoms with Gasteiger partial charge in [0.25, 0.3) is 0 Å². The van der Waals surface area contributed by atoms with E-state index >= 15 is 0 Å². The largest absolute Gasteiger partial charge is 0.419 e. The molecule has 0 bridgehead atoms. The normalized spacial score (nSPS) is 11.3. The minimum atomic E-state index is -4.32. The van der Waals surface area contributed by atoms with Gasteiger partial charge in [-0.2, -0.15) is 18.3 Å². The van der Waals surface area contributed by atoms with Gasteiger partial charge in [0.1, 0.15) is 0 Å². The van der Waals surface area contributed by atoms with Crippen molar-refractivity contribution in [2.75, 3.05) is 0 Å². The molecule has 0 N–H and O–H groups in total.